The van der Waals surface area contributed by atoms with Crippen molar-refractivity contribution in [3.63, 3.8) is 0 Å². The quantitative estimate of drug-likeness (QED) is 0.603. The van der Waals surface area contributed by atoms with E-state index in [0.29, 0.717) is 24.1 Å². The number of rotatable bonds is 4. The monoisotopic (exact) mass is 420 g/mol. The summed E-state index contributed by atoms with van der Waals surface area (Å²) in [6, 6.07) is 17.3. The number of hydrogen-bond acceptors (Lipinski definition) is 4. The first-order chi connectivity index (χ1) is 14.5. The minimum Gasteiger partial charge on any atom is -0.347 e. The summed E-state index contributed by atoms with van der Waals surface area (Å²) in [7, 11) is 3.89. The van der Waals surface area contributed by atoms with Gasteiger partial charge in [0.25, 0.3) is 5.91 Å². The first-order valence-electron chi connectivity index (χ1n) is 10.2. The number of halogens is 1. The van der Waals surface area contributed by atoms with E-state index in [-0.39, 0.29) is 11.8 Å². The number of anilines is 1. The van der Waals surface area contributed by atoms with Crippen LogP contribution in [0.3, 0.4) is 0 Å². The molecule has 1 amide bonds. The zero-order valence-electron chi connectivity index (χ0n) is 17.3. The van der Waals surface area contributed by atoms with Gasteiger partial charge in [-0.05, 0) is 42.7 Å². The van der Waals surface area contributed by atoms with Crippen LogP contribution in [0.2, 0.25) is 5.02 Å². The van der Waals surface area contributed by atoms with Gasteiger partial charge in [0, 0.05) is 55.4 Å². The van der Waals surface area contributed by atoms with E-state index < -0.39 is 0 Å². The molecule has 1 aliphatic rings. The zero-order chi connectivity index (χ0) is 21.1. The second-order valence-corrected chi connectivity index (χ2v) is 8.24. The lowest BCUT2D eigenvalue weighted by Crippen LogP contribution is -2.38. The van der Waals surface area contributed by atoms with Crippen LogP contribution in [0, 0.1) is 0 Å². The van der Waals surface area contributed by atoms with E-state index in [0.717, 1.165) is 35.2 Å². The molecule has 1 aliphatic heterocycles. The summed E-state index contributed by atoms with van der Waals surface area (Å²) in [5.41, 5.74) is 3.80. The smallest absolute Gasteiger partial charge is 0.253 e. The van der Waals surface area contributed by atoms with Crippen LogP contribution >= 0.6 is 11.6 Å². The maximum absolute atomic E-state index is 12.8. The molecule has 6 heteroatoms. The van der Waals surface area contributed by atoms with E-state index in [1.165, 1.54) is 0 Å². The van der Waals surface area contributed by atoms with Crippen LogP contribution in [0.5, 0.6) is 0 Å². The van der Waals surface area contributed by atoms with Crippen molar-refractivity contribution in [3.05, 3.63) is 77.1 Å². The fourth-order valence-electron chi connectivity index (χ4n) is 3.91. The molecular formula is C24H25ClN4O. The highest BCUT2D eigenvalue weighted by Crippen LogP contribution is 2.35. The molecule has 2 aromatic carbocycles. The number of carbonyl (C=O) groups excluding carboxylic acids is 1. The molecule has 0 bridgehead atoms. The summed E-state index contributed by atoms with van der Waals surface area (Å²) >= 11 is 6.23. The molecule has 0 unspecified atom stereocenters. The molecule has 0 atom stereocenters. The molecule has 2 heterocycles. The molecule has 0 spiro atoms. The maximum atomic E-state index is 12.8. The lowest BCUT2D eigenvalue weighted by molar-refractivity contribution is 0.0712. The summed E-state index contributed by atoms with van der Waals surface area (Å²) in [5, 5.41) is 0.693. The van der Waals surface area contributed by atoms with Gasteiger partial charge in [-0.1, -0.05) is 41.9 Å². The molecule has 0 radical (unpaired) electrons. The molecule has 0 saturated carbocycles. The Labute approximate surface area is 182 Å². The van der Waals surface area contributed by atoms with Crippen LogP contribution < -0.4 is 4.90 Å². The Morgan fingerprint density at radius 1 is 1.07 bits per heavy atom. The van der Waals surface area contributed by atoms with Crippen LogP contribution in [0.1, 0.15) is 34.8 Å². The van der Waals surface area contributed by atoms with Crippen molar-refractivity contribution in [2.45, 2.75) is 18.8 Å². The van der Waals surface area contributed by atoms with Gasteiger partial charge in [-0.15, -0.1) is 0 Å². The molecule has 30 heavy (non-hydrogen) atoms. The molecule has 154 valence electrons. The molecule has 4 rings (SSSR count). The van der Waals surface area contributed by atoms with Crippen molar-refractivity contribution < 1.29 is 4.79 Å². The van der Waals surface area contributed by atoms with E-state index in [1.807, 2.05) is 84.7 Å². The van der Waals surface area contributed by atoms with Crippen LogP contribution in [-0.4, -0.2) is 48.0 Å². The third-order valence-corrected chi connectivity index (χ3v) is 5.77. The van der Waals surface area contributed by atoms with Crippen LogP contribution in [0.4, 0.5) is 5.95 Å². The molecule has 0 aliphatic carbocycles. The van der Waals surface area contributed by atoms with Crippen LogP contribution in [0.25, 0.3) is 11.1 Å². The van der Waals surface area contributed by atoms with Crippen molar-refractivity contribution in [2.24, 2.45) is 0 Å². The highest BCUT2D eigenvalue weighted by atomic mass is 35.5. The third-order valence-electron chi connectivity index (χ3n) is 5.53. The standard InChI is InChI=1S/C24H25ClN4O/c1-28(2)24-26-16-21(19-9-6-10-20(25)15-19)22(27-24)17-11-13-29(14-12-17)23(30)18-7-4-3-5-8-18/h3-10,15-17H,11-14H2,1-2H3. The maximum Gasteiger partial charge on any atom is 0.253 e. The number of nitrogens with zero attached hydrogens (tertiary/aromatic N) is 4. The number of amides is 1. The molecule has 1 aromatic heterocycles. The Hall–Kier alpha value is -2.92. The Morgan fingerprint density at radius 2 is 1.80 bits per heavy atom. The molecular weight excluding hydrogens is 396 g/mol. The van der Waals surface area contributed by atoms with Crippen molar-refractivity contribution >= 4 is 23.5 Å². The summed E-state index contributed by atoms with van der Waals surface area (Å²) in [6.07, 6.45) is 3.64. The Balaban J connectivity index is 1.59. The van der Waals surface area contributed by atoms with Gasteiger partial charge in [-0.2, -0.15) is 0 Å². The highest BCUT2D eigenvalue weighted by molar-refractivity contribution is 6.30. The minimum absolute atomic E-state index is 0.0979. The number of piperidine rings is 1. The summed E-state index contributed by atoms with van der Waals surface area (Å²) < 4.78 is 0. The van der Waals surface area contributed by atoms with Gasteiger partial charge in [-0.3, -0.25) is 4.79 Å². The predicted octanol–water partition coefficient (Wildman–Crippen LogP) is 4.88. The first kappa shape index (κ1) is 20.4. The average molecular weight is 421 g/mol. The normalized spacial score (nSPS) is 14.6. The third kappa shape index (κ3) is 4.31. The van der Waals surface area contributed by atoms with E-state index in [1.54, 1.807) is 0 Å². The molecule has 5 nitrogen and oxygen atoms in total. The van der Waals surface area contributed by atoms with E-state index in [2.05, 4.69) is 4.98 Å². The van der Waals surface area contributed by atoms with E-state index in [9.17, 15) is 4.79 Å². The van der Waals surface area contributed by atoms with Gasteiger partial charge < -0.3 is 9.80 Å². The SMILES string of the molecule is CN(C)c1ncc(-c2cccc(Cl)c2)c(C2CCN(C(=O)c3ccccc3)CC2)n1. The van der Waals surface area contributed by atoms with Crippen molar-refractivity contribution in [2.75, 3.05) is 32.1 Å². The Bertz CT molecular complexity index is 1030. The summed E-state index contributed by atoms with van der Waals surface area (Å²) in [4.78, 5) is 26.1. The number of aromatic nitrogens is 2. The fourth-order valence-corrected chi connectivity index (χ4v) is 4.10. The predicted molar refractivity (Wildman–Crippen MR) is 121 cm³/mol. The molecule has 3 aromatic rings. The van der Waals surface area contributed by atoms with Gasteiger partial charge in [0.2, 0.25) is 5.95 Å². The van der Waals surface area contributed by atoms with Crippen molar-refractivity contribution in [1.82, 2.24) is 14.9 Å². The van der Waals surface area contributed by atoms with Gasteiger partial charge in [0.05, 0.1) is 5.69 Å². The second kappa shape index (κ2) is 8.84. The van der Waals surface area contributed by atoms with Crippen molar-refractivity contribution in [1.29, 1.82) is 0 Å². The lowest BCUT2D eigenvalue weighted by atomic mass is 9.88. The molecule has 0 N–H and O–H groups in total. The minimum atomic E-state index is 0.0979. The van der Waals surface area contributed by atoms with Gasteiger partial charge in [0.15, 0.2) is 0 Å². The van der Waals surface area contributed by atoms with Gasteiger partial charge in [-0.25, -0.2) is 9.97 Å². The zero-order valence-corrected chi connectivity index (χ0v) is 18.0. The second-order valence-electron chi connectivity index (χ2n) is 7.81. The number of hydrogen-bond donors (Lipinski definition) is 0. The van der Waals surface area contributed by atoms with Gasteiger partial charge in [0.1, 0.15) is 0 Å². The number of likely N-dealkylation sites (tertiary alicyclic amines) is 1. The largest absolute Gasteiger partial charge is 0.347 e. The topological polar surface area (TPSA) is 49.3 Å². The van der Waals surface area contributed by atoms with Crippen LogP contribution in [0.15, 0.2) is 60.8 Å². The fraction of sp³-hybridized carbons (Fsp3) is 0.292. The Kier molecular flexibility index (Phi) is 6.00. The first-order valence-corrected chi connectivity index (χ1v) is 10.6. The van der Waals surface area contributed by atoms with E-state index >= 15 is 0 Å². The molecule has 1 fully saturated rings. The van der Waals surface area contributed by atoms with Crippen LogP contribution in [-0.2, 0) is 0 Å². The summed E-state index contributed by atoms with van der Waals surface area (Å²) in [6.45, 7) is 1.43. The Morgan fingerprint density at radius 3 is 2.47 bits per heavy atom. The lowest BCUT2D eigenvalue weighted by Gasteiger charge is -2.33. The van der Waals surface area contributed by atoms with Gasteiger partial charge >= 0.3 is 0 Å². The van der Waals surface area contributed by atoms with E-state index in [4.69, 9.17) is 16.6 Å². The highest BCUT2D eigenvalue weighted by Gasteiger charge is 2.28. The summed E-state index contributed by atoms with van der Waals surface area (Å²) in [5.74, 6) is 1.06. The number of carbonyl (C=O) groups is 1. The number of benzene rings is 2. The molecule has 1 saturated heterocycles. The average Bonchev–Trinajstić information content (AvgIpc) is 2.79. The van der Waals surface area contributed by atoms with Crippen molar-refractivity contribution in [3.8, 4) is 11.1 Å².